The maximum atomic E-state index is 10.4. The van der Waals surface area contributed by atoms with Crippen LogP contribution < -0.4 is 6.15 Å². The van der Waals surface area contributed by atoms with Gasteiger partial charge < -0.3 is 6.15 Å². The van der Waals surface area contributed by atoms with Gasteiger partial charge in [-0.3, -0.25) is 4.55 Å². The Morgan fingerprint density at radius 3 is 1.75 bits per heavy atom. The molecule has 0 aliphatic heterocycles. The van der Waals surface area contributed by atoms with Crippen LogP contribution >= 0.6 is 12.4 Å². The number of hydrogen-bond acceptors (Lipinski definition) is 3. The molecule has 0 aliphatic rings. The molecule has 4 nitrogen and oxygen atoms in total. The maximum Gasteiger partial charge on any atom is 0.294 e. The minimum atomic E-state index is -4.00. The lowest BCUT2D eigenvalue weighted by atomic mass is 10.4. The first kappa shape index (κ1) is 13.9. The van der Waals surface area contributed by atoms with Crippen LogP contribution in [0.5, 0.6) is 0 Å². The van der Waals surface area contributed by atoms with Gasteiger partial charge in [0.2, 0.25) is 0 Å². The predicted octanol–water partition coefficient (Wildman–Crippen LogP) is 1.52. The molecule has 0 aliphatic carbocycles. The summed E-state index contributed by atoms with van der Waals surface area (Å²) in [7, 11) is -4.00. The SMILES string of the molecule is Cl.N.O=S(=O)(O)c1ccccc1. The molecule has 0 heterocycles. The van der Waals surface area contributed by atoms with Gasteiger partial charge in [0.05, 0.1) is 4.90 Å². The topological polar surface area (TPSA) is 89.4 Å². The van der Waals surface area contributed by atoms with Crippen LogP contribution in [0.25, 0.3) is 0 Å². The molecule has 0 radical (unpaired) electrons. The van der Waals surface area contributed by atoms with E-state index in [2.05, 4.69) is 0 Å². The zero-order valence-corrected chi connectivity index (χ0v) is 7.81. The summed E-state index contributed by atoms with van der Waals surface area (Å²) >= 11 is 0. The van der Waals surface area contributed by atoms with Crippen molar-refractivity contribution in [3.63, 3.8) is 0 Å². The number of hydrogen-bond donors (Lipinski definition) is 2. The third-order valence-electron chi connectivity index (χ3n) is 1.04. The molecule has 0 spiro atoms. The van der Waals surface area contributed by atoms with Crippen molar-refractivity contribution in [3.05, 3.63) is 30.3 Å². The van der Waals surface area contributed by atoms with Crippen LogP contribution in [0.2, 0.25) is 0 Å². The molecule has 0 fully saturated rings. The van der Waals surface area contributed by atoms with Gasteiger partial charge in [-0.05, 0) is 12.1 Å². The van der Waals surface area contributed by atoms with Crippen molar-refractivity contribution >= 4 is 22.5 Å². The molecule has 70 valence electrons. The van der Waals surface area contributed by atoms with Crippen molar-refractivity contribution in [1.82, 2.24) is 6.15 Å². The van der Waals surface area contributed by atoms with Gasteiger partial charge in [-0.15, -0.1) is 12.4 Å². The van der Waals surface area contributed by atoms with Gasteiger partial charge >= 0.3 is 0 Å². The summed E-state index contributed by atoms with van der Waals surface area (Å²) in [5.74, 6) is 0. The highest BCUT2D eigenvalue weighted by atomic mass is 35.5. The average Bonchev–Trinajstić information content (AvgIpc) is 1.88. The van der Waals surface area contributed by atoms with Gasteiger partial charge in [-0.2, -0.15) is 8.42 Å². The summed E-state index contributed by atoms with van der Waals surface area (Å²) in [6.07, 6.45) is 0. The number of rotatable bonds is 1. The van der Waals surface area contributed by atoms with E-state index in [0.29, 0.717) is 0 Å². The van der Waals surface area contributed by atoms with E-state index in [1.807, 2.05) is 0 Å². The van der Waals surface area contributed by atoms with Crippen molar-refractivity contribution < 1.29 is 13.0 Å². The molecule has 1 rings (SSSR count). The van der Waals surface area contributed by atoms with Crippen molar-refractivity contribution in [1.29, 1.82) is 0 Å². The second-order valence-electron chi connectivity index (χ2n) is 1.79. The smallest absolute Gasteiger partial charge is 0.294 e. The van der Waals surface area contributed by atoms with Crippen molar-refractivity contribution in [2.75, 3.05) is 0 Å². The van der Waals surface area contributed by atoms with Crippen LogP contribution in [0.1, 0.15) is 0 Å². The molecular weight excluding hydrogens is 202 g/mol. The number of halogens is 1. The Morgan fingerprint density at radius 2 is 1.50 bits per heavy atom. The second kappa shape index (κ2) is 5.10. The highest BCUT2D eigenvalue weighted by Gasteiger charge is 2.05. The fourth-order valence-corrected chi connectivity index (χ4v) is 1.09. The number of benzene rings is 1. The summed E-state index contributed by atoms with van der Waals surface area (Å²) in [6.45, 7) is 0. The Morgan fingerprint density at radius 1 is 1.08 bits per heavy atom. The van der Waals surface area contributed by atoms with E-state index >= 15 is 0 Å². The van der Waals surface area contributed by atoms with Gasteiger partial charge in [-0.1, -0.05) is 18.2 Å². The van der Waals surface area contributed by atoms with Crippen LogP contribution in [0, 0.1) is 0 Å². The van der Waals surface area contributed by atoms with Gasteiger partial charge in [-0.25, -0.2) is 0 Å². The van der Waals surface area contributed by atoms with Gasteiger partial charge in [0, 0.05) is 0 Å². The Balaban J connectivity index is 0. The predicted molar refractivity (Wildman–Crippen MR) is 48.5 cm³/mol. The molecule has 0 amide bonds. The average molecular weight is 212 g/mol. The standard InChI is InChI=1S/C6H6O3S.ClH.H3N/c7-10(8,9)6-4-2-1-3-5-6;;/h1-5H,(H,7,8,9);1H;1H3. The van der Waals surface area contributed by atoms with E-state index in [1.54, 1.807) is 18.2 Å². The lowest BCUT2D eigenvalue weighted by Crippen LogP contribution is -1.96. The normalized spacial score (nSPS) is 9.42. The molecule has 0 bridgehead atoms. The molecule has 6 heteroatoms. The lowest BCUT2D eigenvalue weighted by Gasteiger charge is -1.92. The zero-order valence-electron chi connectivity index (χ0n) is 6.17. The summed E-state index contributed by atoms with van der Waals surface area (Å²) in [4.78, 5) is -0.0741. The lowest BCUT2D eigenvalue weighted by molar-refractivity contribution is 0.483. The molecule has 4 N–H and O–H groups in total. The van der Waals surface area contributed by atoms with E-state index in [0.717, 1.165) is 0 Å². The van der Waals surface area contributed by atoms with Crippen LogP contribution in [0.4, 0.5) is 0 Å². The van der Waals surface area contributed by atoms with E-state index in [9.17, 15) is 8.42 Å². The first-order chi connectivity index (χ1) is 4.61. The van der Waals surface area contributed by atoms with E-state index in [4.69, 9.17) is 4.55 Å². The second-order valence-corrected chi connectivity index (χ2v) is 3.21. The van der Waals surface area contributed by atoms with Gasteiger partial charge in [0.15, 0.2) is 0 Å². The van der Waals surface area contributed by atoms with Crippen LogP contribution in [0.3, 0.4) is 0 Å². The maximum absolute atomic E-state index is 10.4. The minimum absolute atomic E-state index is 0. The molecule has 1 aromatic rings. The van der Waals surface area contributed by atoms with E-state index < -0.39 is 10.1 Å². The molecule has 0 saturated carbocycles. The monoisotopic (exact) mass is 211 g/mol. The van der Waals surface area contributed by atoms with Gasteiger partial charge in [0.25, 0.3) is 10.1 Å². The molecule has 0 aromatic heterocycles. The zero-order chi connectivity index (χ0) is 7.61. The Hall–Kier alpha value is -0.620. The minimum Gasteiger partial charge on any atom is -0.344 e. The highest BCUT2D eigenvalue weighted by molar-refractivity contribution is 7.85. The third kappa shape index (κ3) is 3.68. The molecule has 0 atom stereocenters. The molecular formula is C6H10ClNO3S. The first-order valence-electron chi connectivity index (χ1n) is 2.63. The Kier molecular flexibility index (Phi) is 5.92. The van der Waals surface area contributed by atoms with E-state index in [-0.39, 0.29) is 23.5 Å². The van der Waals surface area contributed by atoms with Crippen LogP contribution in [-0.4, -0.2) is 13.0 Å². The fraction of sp³-hybridized carbons (Fsp3) is 0. The van der Waals surface area contributed by atoms with Crippen LogP contribution in [-0.2, 0) is 10.1 Å². The Bertz CT molecular complexity index is 311. The largest absolute Gasteiger partial charge is 0.344 e. The molecule has 12 heavy (non-hydrogen) atoms. The molecule has 0 unspecified atom stereocenters. The fourth-order valence-electron chi connectivity index (χ4n) is 0.592. The first-order valence-corrected chi connectivity index (χ1v) is 4.07. The highest BCUT2D eigenvalue weighted by Crippen LogP contribution is 2.05. The third-order valence-corrected chi connectivity index (χ3v) is 1.91. The summed E-state index contributed by atoms with van der Waals surface area (Å²) in [6, 6.07) is 7.42. The van der Waals surface area contributed by atoms with Crippen molar-refractivity contribution in [2.24, 2.45) is 0 Å². The van der Waals surface area contributed by atoms with Crippen molar-refractivity contribution in [3.8, 4) is 0 Å². The molecule has 1 aromatic carbocycles. The summed E-state index contributed by atoms with van der Waals surface area (Å²) < 4.78 is 29.2. The van der Waals surface area contributed by atoms with Crippen LogP contribution in [0.15, 0.2) is 35.2 Å². The Labute approximate surface area is 77.3 Å². The summed E-state index contributed by atoms with van der Waals surface area (Å²) in [5.41, 5.74) is 0. The quantitative estimate of drug-likeness (QED) is 0.690. The van der Waals surface area contributed by atoms with E-state index in [1.165, 1.54) is 12.1 Å². The summed E-state index contributed by atoms with van der Waals surface area (Å²) in [5, 5.41) is 0. The van der Waals surface area contributed by atoms with Crippen molar-refractivity contribution in [2.45, 2.75) is 4.90 Å². The van der Waals surface area contributed by atoms with Gasteiger partial charge in [0.1, 0.15) is 0 Å². The molecule has 0 saturated heterocycles.